The van der Waals surface area contributed by atoms with Gasteiger partial charge in [-0.2, -0.15) is 5.10 Å². The number of methoxy groups -OCH3 is 1. The maximum atomic E-state index is 13.2. The quantitative estimate of drug-likeness (QED) is 0.322. The summed E-state index contributed by atoms with van der Waals surface area (Å²) in [6.45, 7) is 2.69. The summed E-state index contributed by atoms with van der Waals surface area (Å²) >= 11 is 6.18. The fraction of sp³-hybridized carbons (Fsp3) is 0.385. The Morgan fingerprint density at radius 3 is 2.71 bits per heavy atom. The Hall–Kier alpha value is -3.23. The minimum absolute atomic E-state index is 0.0000846. The van der Waals surface area contributed by atoms with Crippen molar-refractivity contribution in [3.8, 4) is 28.5 Å². The number of phenolic OH excluding ortho intramolecular Hbond substituents is 1. The molecule has 1 aromatic heterocycles. The molecule has 1 aliphatic heterocycles. The van der Waals surface area contributed by atoms with E-state index in [1.54, 1.807) is 24.1 Å². The standard InChI is InChI=1S/C26H30ClN3O5/c1-3-4-5-6-13-35-20-10-7-16(14-21(20)34-2)25-22-23(18-15-17(27)8-9-19(18)32)28-29-24(22)26(33)30(25)11-12-31/h7-10,14-15,25,31-32H,3-6,11-13H2,1-2H3,(H,28,29). The second kappa shape index (κ2) is 11.0. The molecule has 1 unspecified atom stereocenters. The Balaban J connectivity index is 1.73. The average molecular weight is 500 g/mol. The van der Waals surface area contributed by atoms with Gasteiger partial charge in [0.1, 0.15) is 17.1 Å². The van der Waals surface area contributed by atoms with E-state index < -0.39 is 6.04 Å². The number of nitrogens with zero attached hydrogens (tertiary/aromatic N) is 2. The molecular formula is C26H30ClN3O5. The first-order valence-corrected chi connectivity index (χ1v) is 12.2. The summed E-state index contributed by atoms with van der Waals surface area (Å²) in [5.41, 5.74) is 2.53. The monoisotopic (exact) mass is 499 g/mol. The molecule has 0 saturated carbocycles. The molecular weight excluding hydrogens is 470 g/mol. The normalized spacial score (nSPS) is 14.9. The first kappa shape index (κ1) is 24.9. The number of phenols is 1. The molecule has 8 nitrogen and oxygen atoms in total. The van der Waals surface area contributed by atoms with Gasteiger partial charge in [-0.3, -0.25) is 9.89 Å². The van der Waals surface area contributed by atoms with Gasteiger partial charge in [0.25, 0.3) is 5.91 Å². The third-order valence-corrected chi connectivity index (χ3v) is 6.41. The van der Waals surface area contributed by atoms with Crippen molar-refractivity contribution < 1.29 is 24.5 Å². The molecule has 1 amide bonds. The number of unbranched alkanes of at least 4 members (excludes halogenated alkanes) is 3. The van der Waals surface area contributed by atoms with E-state index in [9.17, 15) is 15.0 Å². The largest absolute Gasteiger partial charge is 0.507 e. The maximum absolute atomic E-state index is 13.2. The SMILES string of the molecule is CCCCCCOc1ccc(C2c3c(-c4cc(Cl)ccc4O)n[nH]c3C(=O)N2CCO)cc1OC. The van der Waals surface area contributed by atoms with Crippen LogP contribution in [0.15, 0.2) is 36.4 Å². The Morgan fingerprint density at radius 1 is 1.14 bits per heavy atom. The average Bonchev–Trinajstić information content (AvgIpc) is 3.40. The zero-order valence-electron chi connectivity index (χ0n) is 19.9. The number of aliphatic hydroxyl groups excluding tert-OH is 1. The van der Waals surface area contributed by atoms with Crippen molar-refractivity contribution in [1.82, 2.24) is 15.1 Å². The number of halogens is 1. The van der Waals surface area contributed by atoms with Gasteiger partial charge in [-0.1, -0.05) is 43.9 Å². The van der Waals surface area contributed by atoms with E-state index in [0.717, 1.165) is 24.8 Å². The third-order valence-electron chi connectivity index (χ3n) is 6.18. The summed E-state index contributed by atoms with van der Waals surface area (Å²) in [5.74, 6) is 0.902. The van der Waals surface area contributed by atoms with Crippen LogP contribution >= 0.6 is 11.6 Å². The first-order valence-electron chi connectivity index (χ1n) is 11.8. The van der Waals surface area contributed by atoms with Crippen LogP contribution in [0.1, 0.15) is 60.3 Å². The zero-order valence-corrected chi connectivity index (χ0v) is 20.6. The number of amides is 1. The number of aromatic amines is 1. The summed E-state index contributed by atoms with van der Waals surface area (Å²) in [5, 5.41) is 27.8. The number of H-pyrrole nitrogens is 1. The minimum atomic E-state index is -0.552. The van der Waals surface area contributed by atoms with Crippen LogP contribution in [0.3, 0.4) is 0 Å². The van der Waals surface area contributed by atoms with Gasteiger partial charge in [0.15, 0.2) is 11.5 Å². The van der Waals surface area contributed by atoms with Crippen LogP contribution in [0.25, 0.3) is 11.3 Å². The molecule has 4 rings (SSSR count). The Morgan fingerprint density at radius 2 is 1.97 bits per heavy atom. The highest BCUT2D eigenvalue weighted by molar-refractivity contribution is 6.31. The number of hydrogen-bond donors (Lipinski definition) is 3. The van der Waals surface area contributed by atoms with Crippen LogP contribution in [0.5, 0.6) is 17.2 Å². The van der Waals surface area contributed by atoms with E-state index in [1.165, 1.54) is 12.5 Å². The maximum Gasteiger partial charge on any atom is 0.273 e. The van der Waals surface area contributed by atoms with Gasteiger partial charge >= 0.3 is 0 Å². The van der Waals surface area contributed by atoms with E-state index in [1.807, 2.05) is 18.2 Å². The van der Waals surface area contributed by atoms with E-state index in [4.69, 9.17) is 21.1 Å². The number of hydrogen-bond acceptors (Lipinski definition) is 6. The van der Waals surface area contributed by atoms with Crippen molar-refractivity contribution in [3.63, 3.8) is 0 Å². The van der Waals surface area contributed by atoms with Gasteiger partial charge in [-0.05, 0) is 42.3 Å². The molecule has 35 heavy (non-hydrogen) atoms. The summed E-state index contributed by atoms with van der Waals surface area (Å²) in [6, 6.07) is 9.70. The van der Waals surface area contributed by atoms with Crippen molar-refractivity contribution in [1.29, 1.82) is 0 Å². The molecule has 0 spiro atoms. The molecule has 0 saturated heterocycles. The van der Waals surface area contributed by atoms with Crippen molar-refractivity contribution in [3.05, 3.63) is 58.2 Å². The summed E-state index contributed by atoms with van der Waals surface area (Å²) in [6.07, 6.45) is 4.41. The number of fused-ring (bicyclic) bond motifs is 1. The van der Waals surface area contributed by atoms with E-state index in [0.29, 0.717) is 45.6 Å². The number of aromatic nitrogens is 2. The highest BCUT2D eigenvalue weighted by atomic mass is 35.5. The van der Waals surface area contributed by atoms with Crippen molar-refractivity contribution in [2.75, 3.05) is 26.9 Å². The number of β-amino-alcohol motifs (C(OH)–C–C–N with tert-alkyl or cyclic N) is 1. The lowest BCUT2D eigenvalue weighted by Crippen LogP contribution is -2.32. The van der Waals surface area contributed by atoms with Gasteiger partial charge < -0.3 is 24.6 Å². The lowest BCUT2D eigenvalue weighted by molar-refractivity contribution is 0.0706. The number of carbonyl (C=O) groups excluding carboxylic acids is 1. The Labute approximate surface area is 209 Å². The molecule has 9 heteroatoms. The topological polar surface area (TPSA) is 108 Å². The number of carbonyl (C=O) groups is 1. The predicted octanol–water partition coefficient (Wildman–Crippen LogP) is 4.94. The van der Waals surface area contributed by atoms with Gasteiger partial charge in [0.05, 0.1) is 26.4 Å². The minimum Gasteiger partial charge on any atom is -0.507 e. The number of aliphatic hydroxyl groups is 1. The second-order valence-electron chi connectivity index (χ2n) is 8.47. The van der Waals surface area contributed by atoms with Gasteiger partial charge in [0, 0.05) is 22.7 Å². The number of aromatic hydroxyl groups is 1. The lowest BCUT2D eigenvalue weighted by Gasteiger charge is -2.26. The first-order chi connectivity index (χ1) is 17.0. The molecule has 0 aliphatic carbocycles. The third kappa shape index (κ3) is 4.94. The predicted molar refractivity (Wildman–Crippen MR) is 133 cm³/mol. The van der Waals surface area contributed by atoms with E-state index in [2.05, 4.69) is 17.1 Å². The van der Waals surface area contributed by atoms with Gasteiger partial charge in [0.2, 0.25) is 0 Å². The van der Waals surface area contributed by atoms with Crippen molar-refractivity contribution >= 4 is 17.5 Å². The number of ether oxygens (including phenoxy) is 2. The fourth-order valence-corrected chi connectivity index (χ4v) is 4.64. The molecule has 1 atom stereocenters. The molecule has 186 valence electrons. The molecule has 0 bridgehead atoms. The second-order valence-corrected chi connectivity index (χ2v) is 8.90. The summed E-state index contributed by atoms with van der Waals surface area (Å²) in [4.78, 5) is 14.8. The van der Waals surface area contributed by atoms with Crippen molar-refractivity contribution in [2.45, 2.75) is 38.6 Å². The Bertz CT molecular complexity index is 1200. The molecule has 1 aliphatic rings. The van der Waals surface area contributed by atoms with E-state index in [-0.39, 0.29) is 24.8 Å². The Kier molecular flexibility index (Phi) is 7.83. The molecule has 3 aromatic rings. The molecule has 2 heterocycles. The highest BCUT2D eigenvalue weighted by Gasteiger charge is 2.42. The molecule has 3 N–H and O–H groups in total. The summed E-state index contributed by atoms with van der Waals surface area (Å²) in [7, 11) is 1.58. The van der Waals surface area contributed by atoms with E-state index >= 15 is 0 Å². The number of benzene rings is 2. The number of nitrogens with one attached hydrogen (secondary N) is 1. The van der Waals surface area contributed by atoms with Crippen LogP contribution in [0.2, 0.25) is 5.02 Å². The molecule has 2 aromatic carbocycles. The number of rotatable bonds is 11. The summed E-state index contributed by atoms with van der Waals surface area (Å²) < 4.78 is 11.6. The van der Waals surface area contributed by atoms with Crippen LogP contribution < -0.4 is 9.47 Å². The highest BCUT2D eigenvalue weighted by Crippen LogP contribution is 2.46. The molecule has 0 radical (unpaired) electrons. The lowest BCUT2D eigenvalue weighted by atomic mass is 9.95. The smallest absolute Gasteiger partial charge is 0.273 e. The van der Waals surface area contributed by atoms with Crippen LogP contribution in [0.4, 0.5) is 0 Å². The zero-order chi connectivity index (χ0) is 24.9. The van der Waals surface area contributed by atoms with Crippen LogP contribution in [-0.4, -0.2) is 58.1 Å². The van der Waals surface area contributed by atoms with Gasteiger partial charge in [-0.25, -0.2) is 0 Å². The van der Waals surface area contributed by atoms with Crippen molar-refractivity contribution in [2.24, 2.45) is 0 Å². The van der Waals surface area contributed by atoms with Gasteiger partial charge in [-0.15, -0.1) is 0 Å². The van der Waals surface area contributed by atoms with Crippen LogP contribution in [-0.2, 0) is 0 Å². The molecule has 0 fully saturated rings. The van der Waals surface area contributed by atoms with Crippen LogP contribution in [0, 0.1) is 0 Å². The fourth-order valence-electron chi connectivity index (χ4n) is 4.47.